The van der Waals surface area contributed by atoms with E-state index in [0.717, 1.165) is 6.04 Å². The van der Waals surface area contributed by atoms with Crippen LogP contribution in [0.4, 0.5) is 0 Å². The lowest BCUT2D eigenvalue weighted by molar-refractivity contribution is 0.0266. The van der Waals surface area contributed by atoms with Gasteiger partial charge in [-0.15, -0.1) is 0 Å². The summed E-state index contributed by atoms with van der Waals surface area (Å²) < 4.78 is 0. The third-order valence-electron chi connectivity index (χ3n) is 6.23. The van der Waals surface area contributed by atoms with E-state index in [1.165, 1.54) is 69.0 Å². The van der Waals surface area contributed by atoms with Crippen LogP contribution in [-0.4, -0.2) is 12.6 Å². The van der Waals surface area contributed by atoms with Crippen molar-refractivity contribution < 1.29 is 0 Å². The SMILES string of the molecule is Cc1cc(C)cc(C2(CNC3CC3)CC3(CCCC3)C2)c1. The Balaban J connectivity index is 1.60. The Kier molecular flexibility index (Phi) is 3.19. The molecule has 0 amide bonds. The molecule has 0 atom stereocenters. The molecular formula is C20H29N. The molecule has 1 N–H and O–H groups in total. The van der Waals surface area contributed by atoms with Crippen LogP contribution in [0.2, 0.25) is 0 Å². The largest absolute Gasteiger partial charge is 0.313 e. The molecule has 1 nitrogen and oxygen atoms in total. The van der Waals surface area contributed by atoms with Crippen molar-refractivity contribution in [3.63, 3.8) is 0 Å². The predicted molar refractivity (Wildman–Crippen MR) is 88.8 cm³/mol. The van der Waals surface area contributed by atoms with Crippen LogP contribution in [0.15, 0.2) is 18.2 Å². The van der Waals surface area contributed by atoms with Crippen LogP contribution in [-0.2, 0) is 5.41 Å². The second-order valence-electron chi connectivity index (χ2n) is 8.37. The normalized spacial score (nSPS) is 26.0. The first-order valence-corrected chi connectivity index (χ1v) is 8.92. The Bertz CT molecular complexity index is 507. The number of rotatable bonds is 4. The zero-order chi connectivity index (χ0) is 14.5. The van der Waals surface area contributed by atoms with Crippen molar-refractivity contribution in [3.8, 4) is 0 Å². The molecule has 0 aromatic heterocycles. The van der Waals surface area contributed by atoms with Crippen LogP contribution in [0.25, 0.3) is 0 Å². The molecule has 0 aliphatic heterocycles. The summed E-state index contributed by atoms with van der Waals surface area (Å²) in [5.74, 6) is 0. The summed E-state index contributed by atoms with van der Waals surface area (Å²) in [6.45, 7) is 5.72. The van der Waals surface area contributed by atoms with Gasteiger partial charge < -0.3 is 5.32 Å². The van der Waals surface area contributed by atoms with Crippen molar-refractivity contribution >= 4 is 0 Å². The average molecular weight is 283 g/mol. The molecule has 4 rings (SSSR count). The molecule has 3 saturated carbocycles. The fourth-order valence-corrected chi connectivity index (χ4v) is 5.20. The molecule has 0 radical (unpaired) electrons. The van der Waals surface area contributed by atoms with Gasteiger partial charge >= 0.3 is 0 Å². The molecule has 21 heavy (non-hydrogen) atoms. The summed E-state index contributed by atoms with van der Waals surface area (Å²) in [7, 11) is 0. The summed E-state index contributed by atoms with van der Waals surface area (Å²) in [6.07, 6.45) is 11.6. The number of benzene rings is 1. The molecule has 0 unspecified atom stereocenters. The van der Waals surface area contributed by atoms with Gasteiger partial charge in [0.25, 0.3) is 0 Å². The van der Waals surface area contributed by atoms with Crippen LogP contribution in [0.3, 0.4) is 0 Å². The van der Waals surface area contributed by atoms with E-state index in [1.807, 2.05) is 0 Å². The Morgan fingerprint density at radius 1 is 1.00 bits per heavy atom. The highest BCUT2D eigenvalue weighted by atomic mass is 15.0. The molecule has 3 fully saturated rings. The summed E-state index contributed by atoms with van der Waals surface area (Å²) in [5.41, 5.74) is 5.63. The highest BCUT2D eigenvalue weighted by Crippen LogP contribution is 2.62. The molecule has 1 heteroatoms. The number of hydrogen-bond donors (Lipinski definition) is 1. The monoisotopic (exact) mass is 283 g/mol. The van der Waals surface area contributed by atoms with Crippen molar-refractivity contribution in [3.05, 3.63) is 34.9 Å². The molecule has 0 heterocycles. The first kappa shape index (κ1) is 13.8. The third kappa shape index (κ3) is 2.54. The molecular weight excluding hydrogens is 254 g/mol. The summed E-state index contributed by atoms with van der Waals surface area (Å²) in [4.78, 5) is 0. The van der Waals surface area contributed by atoms with E-state index in [-0.39, 0.29) is 0 Å². The lowest BCUT2D eigenvalue weighted by Gasteiger charge is -2.56. The fourth-order valence-electron chi connectivity index (χ4n) is 5.20. The van der Waals surface area contributed by atoms with Gasteiger partial charge in [-0.25, -0.2) is 0 Å². The van der Waals surface area contributed by atoms with E-state index < -0.39 is 0 Å². The summed E-state index contributed by atoms with van der Waals surface area (Å²) >= 11 is 0. The molecule has 1 aromatic carbocycles. The zero-order valence-electron chi connectivity index (χ0n) is 13.7. The number of aryl methyl sites for hydroxylation is 2. The van der Waals surface area contributed by atoms with Crippen molar-refractivity contribution in [2.75, 3.05) is 6.54 Å². The van der Waals surface area contributed by atoms with Gasteiger partial charge in [0.2, 0.25) is 0 Å². The first-order chi connectivity index (χ1) is 10.1. The third-order valence-corrected chi connectivity index (χ3v) is 6.23. The number of nitrogens with one attached hydrogen (secondary N) is 1. The number of hydrogen-bond acceptors (Lipinski definition) is 1. The molecule has 3 aliphatic carbocycles. The van der Waals surface area contributed by atoms with Crippen molar-refractivity contribution in [2.45, 2.75) is 76.7 Å². The Hall–Kier alpha value is -0.820. The van der Waals surface area contributed by atoms with Crippen molar-refractivity contribution in [1.82, 2.24) is 5.32 Å². The minimum atomic E-state index is 0.434. The van der Waals surface area contributed by atoms with Gasteiger partial charge in [-0.2, -0.15) is 0 Å². The summed E-state index contributed by atoms with van der Waals surface area (Å²) in [5, 5.41) is 3.84. The Morgan fingerprint density at radius 3 is 2.19 bits per heavy atom. The summed E-state index contributed by atoms with van der Waals surface area (Å²) in [6, 6.07) is 8.07. The van der Waals surface area contributed by atoms with Gasteiger partial charge in [-0.1, -0.05) is 42.2 Å². The highest BCUT2D eigenvalue weighted by molar-refractivity contribution is 5.38. The Labute approximate surface area is 129 Å². The highest BCUT2D eigenvalue weighted by Gasteiger charge is 2.55. The van der Waals surface area contributed by atoms with Crippen LogP contribution < -0.4 is 5.32 Å². The molecule has 3 aliphatic rings. The Morgan fingerprint density at radius 2 is 1.62 bits per heavy atom. The second-order valence-corrected chi connectivity index (χ2v) is 8.37. The quantitative estimate of drug-likeness (QED) is 0.848. The molecule has 114 valence electrons. The topological polar surface area (TPSA) is 12.0 Å². The van der Waals surface area contributed by atoms with Crippen LogP contribution in [0, 0.1) is 19.3 Å². The molecule has 1 aromatic rings. The minimum absolute atomic E-state index is 0.434. The lowest BCUT2D eigenvalue weighted by atomic mass is 9.49. The van der Waals surface area contributed by atoms with Crippen LogP contribution in [0.5, 0.6) is 0 Å². The molecule has 1 spiro atoms. The maximum atomic E-state index is 3.84. The molecule has 0 saturated heterocycles. The van der Waals surface area contributed by atoms with Crippen molar-refractivity contribution in [2.24, 2.45) is 5.41 Å². The lowest BCUT2D eigenvalue weighted by Crippen LogP contribution is -2.54. The van der Waals surface area contributed by atoms with Gasteiger partial charge in [0.15, 0.2) is 0 Å². The van der Waals surface area contributed by atoms with Gasteiger partial charge in [-0.3, -0.25) is 0 Å². The van der Waals surface area contributed by atoms with E-state index in [0.29, 0.717) is 10.8 Å². The van der Waals surface area contributed by atoms with Gasteiger partial charge in [0.1, 0.15) is 0 Å². The van der Waals surface area contributed by atoms with Crippen LogP contribution >= 0.6 is 0 Å². The zero-order valence-corrected chi connectivity index (χ0v) is 13.7. The van der Waals surface area contributed by atoms with E-state index in [9.17, 15) is 0 Å². The van der Waals surface area contributed by atoms with Gasteiger partial charge in [-0.05, 0) is 63.4 Å². The fraction of sp³-hybridized carbons (Fsp3) is 0.700. The van der Waals surface area contributed by atoms with E-state index in [2.05, 4.69) is 37.4 Å². The standard InChI is InChI=1S/C20H29N/c1-15-9-16(2)11-17(10-15)20(14-21-18-5-6-18)12-19(13-20)7-3-4-8-19/h9-11,18,21H,3-8,12-14H2,1-2H3. The molecule has 0 bridgehead atoms. The second kappa shape index (κ2) is 4.84. The van der Waals surface area contributed by atoms with Gasteiger partial charge in [0, 0.05) is 18.0 Å². The maximum absolute atomic E-state index is 3.84. The van der Waals surface area contributed by atoms with E-state index >= 15 is 0 Å². The van der Waals surface area contributed by atoms with Gasteiger partial charge in [0.05, 0.1) is 0 Å². The smallest absolute Gasteiger partial charge is 0.00886 e. The van der Waals surface area contributed by atoms with Crippen LogP contribution in [0.1, 0.15) is 68.1 Å². The van der Waals surface area contributed by atoms with Crippen molar-refractivity contribution in [1.29, 1.82) is 0 Å². The van der Waals surface area contributed by atoms with E-state index in [4.69, 9.17) is 0 Å². The van der Waals surface area contributed by atoms with E-state index in [1.54, 1.807) is 5.56 Å². The first-order valence-electron chi connectivity index (χ1n) is 8.92. The average Bonchev–Trinajstić information content (AvgIpc) is 3.10. The minimum Gasteiger partial charge on any atom is -0.313 e. The predicted octanol–water partition coefficient (Wildman–Crippen LogP) is 4.65. The maximum Gasteiger partial charge on any atom is 0.00886 e.